The van der Waals surface area contributed by atoms with Gasteiger partial charge in [0.15, 0.2) is 11.0 Å². The van der Waals surface area contributed by atoms with Crippen LogP contribution in [0.5, 0.6) is 5.75 Å². The standard InChI is InChI=1S/C20H18ClFN4O2S/c1-28-17-9-6-12(21)10-16(17)23-18(27)11-29-20-25-24-19(26(20)13-7-8-13)14-4-2-3-5-15(14)22/h2-6,9-10,13H,7-8,11H2,1H3,(H,23,27). The van der Waals surface area contributed by atoms with Crippen LogP contribution in [0.1, 0.15) is 18.9 Å². The zero-order valence-corrected chi connectivity index (χ0v) is 17.1. The molecule has 9 heteroatoms. The maximum Gasteiger partial charge on any atom is 0.234 e. The van der Waals surface area contributed by atoms with Gasteiger partial charge in [0.25, 0.3) is 0 Å². The molecule has 1 N–H and O–H groups in total. The summed E-state index contributed by atoms with van der Waals surface area (Å²) in [5, 5.41) is 12.3. The second-order valence-corrected chi connectivity index (χ2v) is 7.95. The molecule has 0 radical (unpaired) electrons. The van der Waals surface area contributed by atoms with E-state index in [4.69, 9.17) is 16.3 Å². The second-order valence-electron chi connectivity index (χ2n) is 6.57. The normalized spacial score (nSPS) is 13.3. The number of methoxy groups -OCH3 is 1. The number of aromatic nitrogens is 3. The molecule has 1 saturated carbocycles. The fourth-order valence-corrected chi connectivity index (χ4v) is 3.94. The molecule has 0 unspecified atom stereocenters. The molecule has 2 aromatic carbocycles. The lowest BCUT2D eigenvalue weighted by Crippen LogP contribution is -2.15. The topological polar surface area (TPSA) is 69.0 Å². The summed E-state index contributed by atoms with van der Waals surface area (Å²) in [6, 6.07) is 11.7. The molecule has 1 fully saturated rings. The van der Waals surface area contributed by atoms with Crippen LogP contribution in [0.2, 0.25) is 5.02 Å². The van der Waals surface area contributed by atoms with Crippen LogP contribution < -0.4 is 10.1 Å². The minimum Gasteiger partial charge on any atom is -0.495 e. The minimum atomic E-state index is -0.343. The molecule has 1 aliphatic carbocycles. The fourth-order valence-electron chi connectivity index (χ4n) is 2.96. The van der Waals surface area contributed by atoms with Gasteiger partial charge in [0.2, 0.25) is 5.91 Å². The first-order chi connectivity index (χ1) is 14.1. The van der Waals surface area contributed by atoms with Gasteiger partial charge in [-0.05, 0) is 43.2 Å². The number of carbonyl (C=O) groups excluding carboxylic acids is 1. The first-order valence-corrected chi connectivity index (χ1v) is 10.4. The van der Waals surface area contributed by atoms with Gasteiger partial charge in [-0.1, -0.05) is 35.5 Å². The average Bonchev–Trinajstić information content (AvgIpc) is 3.46. The highest BCUT2D eigenvalue weighted by atomic mass is 35.5. The SMILES string of the molecule is COc1ccc(Cl)cc1NC(=O)CSc1nnc(-c2ccccc2F)n1C1CC1. The second kappa shape index (κ2) is 8.42. The molecule has 0 atom stereocenters. The van der Waals surface area contributed by atoms with E-state index in [0.717, 1.165) is 12.8 Å². The Labute approximate surface area is 176 Å². The molecule has 1 heterocycles. The first kappa shape index (κ1) is 19.7. The van der Waals surface area contributed by atoms with Crippen molar-refractivity contribution in [3.8, 4) is 17.1 Å². The molecule has 4 rings (SSSR count). The smallest absolute Gasteiger partial charge is 0.234 e. The Hall–Kier alpha value is -2.58. The number of rotatable bonds is 7. The third-order valence-corrected chi connectivity index (χ3v) is 5.64. The number of thioether (sulfide) groups is 1. The largest absolute Gasteiger partial charge is 0.495 e. The van der Waals surface area contributed by atoms with Gasteiger partial charge < -0.3 is 10.1 Å². The molecule has 1 amide bonds. The molecule has 1 aliphatic rings. The zero-order valence-electron chi connectivity index (χ0n) is 15.6. The van der Waals surface area contributed by atoms with Crippen LogP contribution in [0.3, 0.4) is 0 Å². The summed E-state index contributed by atoms with van der Waals surface area (Å²) in [4.78, 5) is 12.4. The Balaban J connectivity index is 1.50. The van der Waals surface area contributed by atoms with E-state index in [1.165, 1.54) is 24.9 Å². The highest BCUT2D eigenvalue weighted by molar-refractivity contribution is 7.99. The Morgan fingerprint density at radius 2 is 2.10 bits per heavy atom. The van der Waals surface area contributed by atoms with Gasteiger partial charge in [0, 0.05) is 11.1 Å². The third-order valence-electron chi connectivity index (χ3n) is 4.46. The Bertz CT molecular complexity index is 1050. The molecule has 0 spiro atoms. The fraction of sp³-hybridized carbons (Fsp3) is 0.250. The lowest BCUT2D eigenvalue weighted by molar-refractivity contribution is -0.113. The van der Waals surface area contributed by atoms with Gasteiger partial charge in [0.1, 0.15) is 11.6 Å². The molecular formula is C20H18ClFN4O2S. The summed E-state index contributed by atoms with van der Waals surface area (Å²) in [7, 11) is 1.52. The number of hydrogen-bond acceptors (Lipinski definition) is 5. The number of hydrogen-bond donors (Lipinski definition) is 1. The van der Waals surface area contributed by atoms with Crippen LogP contribution in [0, 0.1) is 5.82 Å². The maximum absolute atomic E-state index is 14.2. The van der Waals surface area contributed by atoms with Gasteiger partial charge >= 0.3 is 0 Å². The number of nitrogens with zero attached hydrogens (tertiary/aromatic N) is 3. The summed E-state index contributed by atoms with van der Waals surface area (Å²) < 4.78 is 21.4. The summed E-state index contributed by atoms with van der Waals surface area (Å²) in [5.74, 6) is 0.566. The van der Waals surface area contributed by atoms with Gasteiger partial charge in [-0.2, -0.15) is 0 Å². The maximum atomic E-state index is 14.2. The van der Waals surface area contributed by atoms with Crippen molar-refractivity contribution in [2.75, 3.05) is 18.2 Å². The minimum absolute atomic E-state index is 0.123. The van der Waals surface area contributed by atoms with Crippen LogP contribution in [0.15, 0.2) is 47.6 Å². The molecule has 1 aromatic heterocycles. The highest BCUT2D eigenvalue weighted by Crippen LogP contribution is 2.41. The first-order valence-electron chi connectivity index (χ1n) is 9.03. The summed E-state index contributed by atoms with van der Waals surface area (Å²) in [5.41, 5.74) is 0.910. The van der Waals surface area contributed by atoms with Crippen LogP contribution in [-0.4, -0.2) is 33.5 Å². The van der Waals surface area contributed by atoms with Crippen molar-refractivity contribution >= 4 is 35.0 Å². The Morgan fingerprint density at radius 3 is 2.83 bits per heavy atom. The van der Waals surface area contributed by atoms with Gasteiger partial charge in [0.05, 0.1) is 24.1 Å². The van der Waals surface area contributed by atoms with Gasteiger partial charge in [-0.15, -0.1) is 10.2 Å². The van der Waals surface area contributed by atoms with E-state index in [9.17, 15) is 9.18 Å². The average molecular weight is 433 g/mol. The Morgan fingerprint density at radius 1 is 1.31 bits per heavy atom. The Kier molecular flexibility index (Phi) is 5.73. The van der Waals surface area contributed by atoms with Crippen molar-refractivity contribution in [2.45, 2.75) is 24.0 Å². The van der Waals surface area contributed by atoms with Crippen LogP contribution >= 0.6 is 23.4 Å². The van der Waals surface area contributed by atoms with Crippen molar-refractivity contribution in [3.63, 3.8) is 0 Å². The number of nitrogens with one attached hydrogen (secondary N) is 1. The van der Waals surface area contributed by atoms with E-state index < -0.39 is 0 Å². The lowest BCUT2D eigenvalue weighted by atomic mass is 10.2. The predicted octanol–water partition coefficient (Wildman–Crippen LogP) is 4.81. The number of anilines is 1. The molecule has 3 aromatic rings. The summed E-state index contributed by atoms with van der Waals surface area (Å²) >= 11 is 7.27. The molecule has 29 heavy (non-hydrogen) atoms. The number of benzene rings is 2. The molecular weight excluding hydrogens is 415 g/mol. The number of halogens is 2. The zero-order chi connectivity index (χ0) is 20.4. The van der Waals surface area contributed by atoms with E-state index in [-0.39, 0.29) is 23.5 Å². The van der Waals surface area contributed by atoms with Crippen molar-refractivity contribution in [2.24, 2.45) is 0 Å². The van der Waals surface area contributed by atoms with Crippen molar-refractivity contribution in [1.29, 1.82) is 0 Å². The molecule has 0 saturated heterocycles. The molecule has 150 valence electrons. The van der Waals surface area contributed by atoms with E-state index in [0.29, 0.717) is 33.0 Å². The third kappa shape index (κ3) is 4.38. The van der Waals surface area contributed by atoms with E-state index in [1.807, 2.05) is 4.57 Å². The molecule has 0 aliphatic heterocycles. The van der Waals surface area contributed by atoms with Crippen LogP contribution in [-0.2, 0) is 4.79 Å². The monoisotopic (exact) mass is 432 g/mol. The van der Waals surface area contributed by atoms with Gasteiger partial charge in [-0.3, -0.25) is 9.36 Å². The lowest BCUT2D eigenvalue weighted by Gasteiger charge is -2.11. The number of ether oxygens (including phenoxy) is 1. The predicted molar refractivity (Wildman–Crippen MR) is 111 cm³/mol. The van der Waals surface area contributed by atoms with Crippen LogP contribution in [0.4, 0.5) is 10.1 Å². The molecule has 6 nitrogen and oxygen atoms in total. The van der Waals surface area contributed by atoms with E-state index in [1.54, 1.807) is 36.4 Å². The number of carbonyl (C=O) groups is 1. The summed E-state index contributed by atoms with van der Waals surface area (Å²) in [6.45, 7) is 0. The van der Waals surface area contributed by atoms with Gasteiger partial charge in [-0.25, -0.2) is 4.39 Å². The quantitative estimate of drug-likeness (QED) is 0.542. The number of amides is 1. The van der Waals surface area contributed by atoms with Crippen molar-refractivity contribution < 1.29 is 13.9 Å². The summed E-state index contributed by atoms with van der Waals surface area (Å²) in [6.07, 6.45) is 1.97. The van der Waals surface area contributed by atoms with Crippen molar-refractivity contribution in [3.05, 3.63) is 53.3 Å². The molecule has 0 bridgehead atoms. The van der Waals surface area contributed by atoms with E-state index in [2.05, 4.69) is 15.5 Å². The highest BCUT2D eigenvalue weighted by Gasteiger charge is 2.31. The van der Waals surface area contributed by atoms with Crippen molar-refractivity contribution in [1.82, 2.24) is 14.8 Å². The van der Waals surface area contributed by atoms with E-state index >= 15 is 0 Å². The van der Waals surface area contributed by atoms with Crippen LogP contribution in [0.25, 0.3) is 11.4 Å².